The molecule has 226 valence electrons. The number of nitrogens with one attached hydrogen (secondary N) is 1. The maximum Gasteiger partial charge on any atom is 0.252 e. The molecule has 44 heavy (non-hydrogen) atoms. The van der Waals surface area contributed by atoms with E-state index in [1.165, 1.54) is 6.07 Å². The molecule has 0 saturated carbocycles. The van der Waals surface area contributed by atoms with Crippen LogP contribution in [0.5, 0.6) is 5.75 Å². The standard InChI is InChI=1S/C35H31BrF2N2O4/c36-29-13-5-4-12-27(29)32-35(20-7-11-24-9-2-1-3-10-24,34(42)39-23-28-30(37)14-6-15-31(28)38)40-33(44-32)25-16-18-26(19-17-25)43-22-8-21-41/h1-7,9-19,32,41H,8,20-23H2,(H,39,42)/b11-7+/t32-,35-/m1/s1. The maximum absolute atomic E-state index is 14.5. The van der Waals surface area contributed by atoms with E-state index in [0.717, 1.165) is 22.2 Å². The molecule has 0 unspecified atom stereocenters. The molecule has 2 N–H and O–H groups in total. The van der Waals surface area contributed by atoms with E-state index < -0.39 is 29.2 Å². The zero-order chi connectivity index (χ0) is 30.9. The van der Waals surface area contributed by atoms with Gasteiger partial charge in [0.2, 0.25) is 5.90 Å². The van der Waals surface area contributed by atoms with Crippen molar-refractivity contribution in [1.29, 1.82) is 0 Å². The number of ether oxygens (including phenoxy) is 2. The van der Waals surface area contributed by atoms with Gasteiger partial charge in [-0.05, 0) is 48.0 Å². The molecule has 0 fully saturated rings. The molecule has 4 aromatic rings. The third-order valence-electron chi connectivity index (χ3n) is 7.24. The van der Waals surface area contributed by atoms with Crippen molar-refractivity contribution in [3.05, 3.63) is 141 Å². The fraction of sp³-hybridized carbons (Fsp3) is 0.200. The molecule has 9 heteroatoms. The van der Waals surface area contributed by atoms with Crippen LogP contribution in [0, 0.1) is 11.6 Å². The Morgan fingerprint density at radius 3 is 2.39 bits per heavy atom. The van der Waals surface area contributed by atoms with E-state index in [9.17, 15) is 13.6 Å². The Morgan fingerprint density at radius 2 is 1.68 bits per heavy atom. The predicted molar refractivity (Wildman–Crippen MR) is 169 cm³/mol. The van der Waals surface area contributed by atoms with Crippen molar-refractivity contribution in [2.24, 2.45) is 4.99 Å². The molecule has 1 amide bonds. The second-order valence-corrected chi connectivity index (χ2v) is 11.1. The number of rotatable bonds is 12. The zero-order valence-corrected chi connectivity index (χ0v) is 25.3. The molecule has 6 nitrogen and oxygen atoms in total. The number of amides is 1. The van der Waals surface area contributed by atoms with Crippen LogP contribution >= 0.6 is 15.9 Å². The first kappa shape index (κ1) is 31.1. The molecule has 2 atom stereocenters. The summed E-state index contributed by atoms with van der Waals surface area (Å²) in [6.45, 7) is 0.0392. The third kappa shape index (κ3) is 7.06. The molecule has 1 aliphatic rings. The highest BCUT2D eigenvalue weighted by Crippen LogP contribution is 2.45. The summed E-state index contributed by atoms with van der Waals surface area (Å²) in [6.07, 6.45) is 3.52. The van der Waals surface area contributed by atoms with Gasteiger partial charge in [-0.1, -0.05) is 82.7 Å². The van der Waals surface area contributed by atoms with Crippen molar-refractivity contribution in [2.75, 3.05) is 13.2 Å². The lowest BCUT2D eigenvalue weighted by atomic mass is 9.84. The first-order valence-corrected chi connectivity index (χ1v) is 15.0. The normalized spacial score (nSPS) is 17.7. The summed E-state index contributed by atoms with van der Waals surface area (Å²) < 4.78 is 41.9. The summed E-state index contributed by atoms with van der Waals surface area (Å²) in [5.41, 5.74) is 0.485. The van der Waals surface area contributed by atoms with Crippen molar-refractivity contribution in [3.8, 4) is 5.75 Å². The van der Waals surface area contributed by atoms with Gasteiger partial charge in [0, 0.05) is 47.2 Å². The van der Waals surface area contributed by atoms with Crippen molar-refractivity contribution in [2.45, 2.75) is 31.0 Å². The maximum atomic E-state index is 14.5. The SMILES string of the molecule is O=C(NCc1c(F)cccc1F)[C@]1(C/C=C/c2ccccc2)N=C(c2ccc(OCCCO)cc2)O[C@@H]1c1ccccc1Br. The zero-order valence-electron chi connectivity index (χ0n) is 23.8. The Morgan fingerprint density at radius 1 is 0.977 bits per heavy atom. The van der Waals surface area contributed by atoms with Gasteiger partial charge in [0.1, 0.15) is 17.4 Å². The quantitative estimate of drug-likeness (QED) is 0.158. The molecule has 1 heterocycles. The molecule has 4 aromatic carbocycles. The summed E-state index contributed by atoms with van der Waals surface area (Å²) in [6, 6.07) is 27.7. The van der Waals surface area contributed by atoms with E-state index in [4.69, 9.17) is 19.6 Å². The molecule has 0 aromatic heterocycles. The molecule has 0 radical (unpaired) electrons. The number of aliphatic imine (C=N–C) groups is 1. The molecule has 5 rings (SSSR count). The monoisotopic (exact) mass is 660 g/mol. The van der Waals surface area contributed by atoms with Crippen molar-refractivity contribution >= 4 is 33.8 Å². The first-order valence-electron chi connectivity index (χ1n) is 14.2. The van der Waals surface area contributed by atoms with Gasteiger partial charge in [-0.15, -0.1) is 0 Å². The van der Waals surface area contributed by atoms with Crippen LogP contribution in [0.4, 0.5) is 8.78 Å². The van der Waals surface area contributed by atoms with Crippen LogP contribution in [0.15, 0.2) is 113 Å². The Bertz CT molecular complexity index is 1630. The highest BCUT2D eigenvalue weighted by molar-refractivity contribution is 9.10. The molecule has 1 aliphatic heterocycles. The Hall–Kier alpha value is -4.34. The summed E-state index contributed by atoms with van der Waals surface area (Å²) in [7, 11) is 0. The van der Waals surface area contributed by atoms with Crippen molar-refractivity contribution < 1.29 is 28.2 Å². The summed E-state index contributed by atoms with van der Waals surface area (Å²) in [5, 5.41) is 11.8. The minimum absolute atomic E-state index is 0.0333. The van der Waals surface area contributed by atoms with Crippen LogP contribution < -0.4 is 10.1 Å². The lowest BCUT2D eigenvalue weighted by molar-refractivity contribution is -0.129. The highest BCUT2D eigenvalue weighted by Gasteiger charge is 2.53. The van der Waals surface area contributed by atoms with Gasteiger partial charge in [-0.3, -0.25) is 4.79 Å². The van der Waals surface area contributed by atoms with Crippen molar-refractivity contribution in [1.82, 2.24) is 5.32 Å². The number of aliphatic hydroxyl groups is 1. The molecule has 0 spiro atoms. The Balaban J connectivity index is 1.55. The number of hydrogen-bond donors (Lipinski definition) is 2. The average molecular weight is 662 g/mol. The number of hydrogen-bond acceptors (Lipinski definition) is 5. The van der Waals surface area contributed by atoms with E-state index in [0.29, 0.717) is 29.9 Å². The number of aliphatic hydroxyl groups excluding tert-OH is 1. The van der Waals surface area contributed by atoms with Crippen LogP contribution in [0.1, 0.15) is 41.2 Å². The van der Waals surface area contributed by atoms with Gasteiger partial charge < -0.3 is 19.9 Å². The minimum Gasteiger partial charge on any atom is -0.494 e. The Kier molecular flexibility index (Phi) is 10.2. The molecule has 0 aliphatic carbocycles. The molecule has 0 bridgehead atoms. The van der Waals surface area contributed by atoms with Gasteiger partial charge >= 0.3 is 0 Å². The number of carbonyl (C=O) groups is 1. The third-order valence-corrected chi connectivity index (χ3v) is 7.97. The lowest BCUT2D eigenvalue weighted by Gasteiger charge is -2.30. The van der Waals surface area contributed by atoms with E-state index in [1.807, 2.05) is 66.7 Å². The molecule has 0 saturated heterocycles. The second kappa shape index (κ2) is 14.4. The summed E-state index contributed by atoms with van der Waals surface area (Å²) >= 11 is 3.61. The van der Waals surface area contributed by atoms with Gasteiger partial charge in [-0.2, -0.15) is 0 Å². The fourth-order valence-corrected chi connectivity index (χ4v) is 5.43. The second-order valence-electron chi connectivity index (χ2n) is 10.2. The first-order chi connectivity index (χ1) is 21.4. The van der Waals surface area contributed by atoms with Crippen LogP contribution in [0.3, 0.4) is 0 Å². The lowest BCUT2D eigenvalue weighted by Crippen LogP contribution is -2.48. The van der Waals surface area contributed by atoms with E-state index in [-0.39, 0.29) is 31.0 Å². The Labute approximate surface area is 263 Å². The van der Waals surface area contributed by atoms with Crippen LogP contribution in [-0.4, -0.2) is 35.7 Å². The van der Waals surface area contributed by atoms with E-state index in [1.54, 1.807) is 24.3 Å². The highest BCUT2D eigenvalue weighted by atomic mass is 79.9. The van der Waals surface area contributed by atoms with E-state index in [2.05, 4.69) is 21.2 Å². The smallest absolute Gasteiger partial charge is 0.252 e. The minimum atomic E-state index is -1.53. The van der Waals surface area contributed by atoms with Gasteiger partial charge in [0.15, 0.2) is 11.6 Å². The van der Waals surface area contributed by atoms with Crippen LogP contribution in [-0.2, 0) is 16.1 Å². The number of nitrogens with zero attached hydrogens (tertiary/aromatic N) is 1. The van der Waals surface area contributed by atoms with Gasteiger partial charge in [0.05, 0.1) is 6.61 Å². The summed E-state index contributed by atoms with van der Waals surface area (Å²) in [5.74, 6) is -1.19. The van der Waals surface area contributed by atoms with Gasteiger partial charge in [0.25, 0.3) is 5.91 Å². The number of halogens is 3. The predicted octanol–water partition coefficient (Wildman–Crippen LogP) is 7.17. The molecular formula is C35H31BrF2N2O4. The average Bonchev–Trinajstić information content (AvgIpc) is 3.42. The van der Waals surface area contributed by atoms with Gasteiger partial charge in [-0.25, -0.2) is 13.8 Å². The largest absolute Gasteiger partial charge is 0.494 e. The topological polar surface area (TPSA) is 80.2 Å². The number of benzene rings is 4. The van der Waals surface area contributed by atoms with Crippen molar-refractivity contribution in [3.63, 3.8) is 0 Å². The van der Waals surface area contributed by atoms with E-state index >= 15 is 0 Å². The van der Waals surface area contributed by atoms with Crippen LogP contribution in [0.25, 0.3) is 6.08 Å². The fourth-order valence-electron chi connectivity index (χ4n) is 4.94. The molecular weight excluding hydrogens is 630 g/mol. The number of carbonyl (C=O) groups excluding carboxylic acids is 1. The summed E-state index contributed by atoms with van der Waals surface area (Å²) in [4.78, 5) is 19.2. The van der Waals surface area contributed by atoms with Crippen LogP contribution in [0.2, 0.25) is 0 Å².